The van der Waals surface area contributed by atoms with Crippen LogP contribution in [0.15, 0.2) is 34.7 Å². The van der Waals surface area contributed by atoms with Gasteiger partial charge in [0.1, 0.15) is 11.3 Å². The van der Waals surface area contributed by atoms with Crippen LogP contribution in [0, 0.1) is 0 Å². The zero-order chi connectivity index (χ0) is 12.4. The molecule has 1 aromatic carbocycles. The van der Waals surface area contributed by atoms with Crippen LogP contribution in [0.5, 0.6) is 0 Å². The molecule has 1 aliphatic rings. The lowest BCUT2D eigenvalue weighted by atomic mass is 10.2. The lowest BCUT2D eigenvalue weighted by molar-refractivity contribution is 0.0326. The van der Waals surface area contributed by atoms with E-state index in [-0.39, 0.29) is 12.1 Å². The van der Waals surface area contributed by atoms with Crippen molar-refractivity contribution >= 4 is 11.0 Å². The third kappa shape index (κ3) is 2.41. The second kappa shape index (κ2) is 5.10. The van der Waals surface area contributed by atoms with Crippen molar-refractivity contribution in [2.45, 2.75) is 18.6 Å². The fraction of sp³-hybridized carbons (Fsp3) is 0.429. The highest BCUT2D eigenvalue weighted by Crippen LogP contribution is 2.23. The molecule has 2 heterocycles. The van der Waals surface area contributed by atoms with Crippen molar-refractivity contribution in [2.24, 2.45) is 5.73 Å². The number of fused-ring (bicyclic) bond motifs is 1. The molecule has 4 heteroatoms. The van der Waals surface area contributed by atoms with Crippen LogP contribution < -0.4 is 5.73 Å². The van der Waals surface area contributed by atoms with Gasteiger partial charge in [0.15, 0.2) is 0 Å². The second-order valence-corrected chi connectivity index (χ2v) is 4.61. The number of hydrogen-bond donors (Lipinski definition) is 1. The number of nitrogens with two attached hydrogens (primary N) is 1. The van der Waals surface area contributed by atoms with Crippen molar-refractivity contribution in [2.75, 3.05) is 19.8 Å². The molecule has 1 fully saturated rings. The Kier molecular flexibility index (Phi) is 3.32. The van der Waals surface area contributed by atoms with Gasteiger partial charge in [0, 0.05) is 12.0 Å². The molecule has 2 atom stereocenters. The van der Waals surface area contributed by atoms with Crippen LogP contribution in [-0.4, -0.2) is 25.9 Å². The van der Waals surface area contributed by atoms with Crippen molar-refractivity contribution in [1.29, 1.82) is 0 Å². The minimum absolute atomic E-state index is 0.181. The van der Waals surface area contributed by atoms with Gasteiger partial charge in [-0.05, 0) is 18.6 Å². The smallest absolute Gasteiger partial charge is 0.134 e. The average molecular weight is 247 g/mol. The van der Waals surface area contributed by atoms with Gasteiger partial charge in [-0.25, -0.2) is 0 Å². The van der Waals surface area contributed by atoms with Gasteiger partial charge in [0.05, 0.1) is 25.4 Å². The minimum Gasteiger partial charge on any atom is -0.459 e. The topological polar surface area (TPSA) is 57.6 Å². The molecule has 2 aromatic rings. The predicted molar refractivity (Wildman–Crippen MR) is 68.3 cm³/mol. The molecule has 0 amide bonds. The maximum Gasteiger partial charge on any atom is 0.134 e. The Morgan fingerprint density at radius 2 is 2.28 bits per heavy atom. The van der Waals surface area contributed by atoms with Gasteiger partial charge in [-0.3, -0.25) is 0 Å². The van der Waals surface area contributed by atoms with E-state index in [0.717, 1.165) is 29.8 Å². The van der Waals surface area contributed by atoms with Gasteiger partial charge in [-0.2, -0.15) is 0 Å². The van der Waals surface area contributed by atoms with Crippen molar-refractivity contribution in [3.63, 3.8) is 0 Å². The Morgan fingerprint density at radius 1 is 1.39 bits per heavy atom. The summed E-state index contributed by atoms with van der Waals surface area (Å²) in [6.07, 6.45) is 1.13. The fourth-order valence-corrected chi connectivity index (χ4v) is 2.15. The van der Waals surface area contributed by atoms with E-state index in [0.29, 0.717) is 13.2 Å². The molecular weight excluding hydrogens is 230 g/mol. The van der Waals surface area contributed by atoms with E-state index in [1.807, 2.05) is 30.3 Å². The molecule has 1 saturated heterocycles. The molecule has 96 valence electrons. The van der Waals surface area contributed by atoms with E-state index >= 15 is 0 Å². The molecule has 18 heavy (non-hydrogen) atoms. The van der Waals surface area contributed by atoms with E-state index in [9.17, 15) is 0 Å². The Labute approximate surface area is 106 Å². The van der Waals surface area contributed by atoms with Crippen molar-refractivity contribution in [1.82, 2.24) is 0 Å². The van der Waals surface area contributed by atoms with Crippen LogP contribution in [0.3, 0.4) is 0 Å². The van der Waals surface area contributed by atoms with Crippen LogP contribution in [0.2, 0.25) is 0 Å². The Balaban J connectivity index is 1.65. The summed E-state index contributed by atoms with van der Waals surface area (Å²) in [7, 11) is 0. The second-order valence-electron chi connectivity index (χ2n) is 4.61. The van der Waals surface area contributed by atoms with Crippen LogP contribution in [0.25, 0.3) is 11.0 Å². The first-order chi connectivity index (χ1) is 8.83. The predicted octanol–water partition coefficient (Wildman–Crippen LogP) is 2.24. The number of rotatable bonds is 4. The summed E-state index contributed by atoms with van der Waals surface area (Å²) in [6.45, 7) is 1.92. The van der Waals surface area contributed by atoms with Gasteiger partial charge >= 0.3 is 0 Å². The highest BCUT2D eigenvalue weighted by Gasteiger charge is 2.19. The zero-order valence-electron chi connectivity index (χ0n) is 10.2. The third-order valence-corrected chi connectivity index (χ3v) is 3.21. The van der Waals surface area contributed by atoms with Gasteiger partial charge in [0.25, 0.3) is 0 Å². The quantitative estimate of drug-likeness (QED) is 0.900. The summed E-state index contributed by atoms with van der Waals surface area (Å²) in [5.74, 6) is 0.773. The van der Waals surface area contributed by atoms with Gasteiger partial charge < -0.3 is 19.6 Å². The number of furan rings is 1. The number of benzene rings is 1. The van der Waals surface area contributed by atoms with Crippen molar-refractivity contribution in [3.05, 3.63) is 36.1 Å². The van der Waals surface area contributed by atoms with E-state index in [2.05, 4.69) is 0 Å². The Morgan fingerprint density at radius 3 is 3.06 bits per heavy atom. The summed E-state index contributed by atoms with van der Waals surface area (Å²) in [4.78, 5) is 0. The largest absolute Gasteiger partial charge is 0.459 e. The highest BCUT2D eigenvalue weighted by atomic mass is 16.5. The molecule has 1 aliphatic heterocycles. The molecule has 1 aromatic heterocycles. The lowest BCUT2D eigenvalue weighted by Gasteiger charge is -2.13. The summed E-state index contributed by atoms with van der Waals surface area (Å²) in [5, 5.41) is 1.08. The molecule has 0 saturated carbocycles. The summed E-state index contributed by atoms with van der Waals surface area (Å²) in [5.41, 5.74) is 6.95. The van der Waals surface area contributed by atoms with E-state index < -0.39 is 0 Å². The minimum atomic E-state index is -0.224. The first-order valence-electron chi connectivity index (χ1n) is 6.26. The highest BCUT2D eigenvalue weighted by molar-refractivity contribution is 5.77. The Bertz CT molecular complexity index is 483. The Hall–Kier alpha value is -1.36. The van der Waals surface area contributed by atoms with Crippen molar-refractivity contribution in [3.8, 4) is 0 Å². The number of para-hydroxylation sites is 1. The molecule has 4 nitrogen and oxygen atoms in total. The maximum atomic E-state index is 6.08. The van der Waals surface area contributed by atoms with E-state index in [4.69, 9.17) is 19.6 Å². The van der Waals surface area contributed by atoms with Crippen molar-refractivity contribution < 1.29 is 13.9 Å². The molecule has 2 unspecified atom stereocenters. The van der Waals surface area contributed by atoms with Crippen LogP contribution in [0.1, 0.15) is 18.2 Å². The SMILES string of the molecule is NC(COC1CCOC1)c1cc2ccccc2o1. The standard InChI is InChI=1S/C14H17NO3/c15-12(9-17-11-5-6-16-8-11)14-7-10-3-1-2-4-13(10)18-14/h1-4,7,11-12H,5-6,8-9,15H2. The monoisotopic (exact) mass is 247 g/mol. The summed E-state index contributed by atoms with van der Waals surface area (Å²) in [6, 6.07) is 9.65. The molecule has 2 N–H and O–H groups in total. The van der Waals surface area contributed by atoms with E-state index in [1.54, 1.807) is 0 Å². The summed E-state index contributed by atoms with van der Waals surface area (Å²) < 4.78 is 16.7. The van der Waals surface area contributed by atoms with Gasteiger partial charge in [-0.15, -0.1) is 0 Å². The zero-order valence-corrected chi connectivity index (χ0v) is 10.2. The van der Waals surface area contributed by atoms with Crippen LogP contribution >= 0.6 is 0 Å². The average Bonchev–Trinajstić information content (AvgIpc) is 3.04. The summed E-state index contributed by atoms with van der Waals surface area (Å²) >= 11 is 0. The fourth-order valence-electron chi connectivity index (χ4n) is 2.15. The molecule has 0 radical (unpaired) electrons. The number of ether oxygens (including phenoxy) is 2. The third-order valence-electron chi connectivity index (χ3n) is 3.21. The molecule has 0 aliphatic carbocycles. The van der Waals surface area contributed by atoms with Crippen LogP contribution in [-0.2, 0) is 9.47 Å². The first-order valence-corrected chi connectivity index (χ1v) is 6.26. The molecule has 0 bridgehead atoms. The van der Waals surface area contributed by atoms with Crippen LogP contribution in [0.4, 0.5) is 0 Å². The lowest BCUT2D eigenvalue weighted by Crippen LogP contribution is -2.22. The van der Waals surface area contributed by atoms with Gasteiger partial charge in [-0.1, -0.05) is 18.2 Å². The van der Waals surface area contributed by atoms with E-state index in [1.165, 1.54) is 0 Å². The molecular formula is C14H17NO3. The maximum absolute atomic E-state index is 6.08. The number of hydrogen-bond acceptors (Lipinski definition) is 4. The van der Waals surface area contributed by atoms with Gasteiger partial charge in [0.2, 0.25) is 0 Å². The molecule has 3 rings (SSSR count). The molecule has 0 spiro atoms. The normalized spacial score (nSPS) is 21.5. The first kappa shape index (κ1) is 11.7.